The third-order valence-electron chi connectivity index (χ3n) is 17.5. The van der Waals surface area contributed by atoms with Crippen LogP contribution in [0.25, 0.3) is 0 Å². The largest absolute Gasteiger partial charge is 0.354 e. The van der Waals surface area contributed by atoms with Crippen LogP contribution in [0.1, 0.15) is 239 Å². The van der Waals surface area contributed by atoms with E-state index in [1.807, 2.05) is 0 Å². The Morgan fingerprint density at radius 1 is 0.308 bits per heavy atom. The van der Waals surface area contributed by atoms with Crippen LogP contribution in [0.4, 0.5) is 35.7 Å². The molecule has 78 heavy (non-hydrogen) atoms. The van der Waals surface area contributed by atoms with E-state index in [1.54, 1.807) is 0 Å². The standard InChI is InChI=1S/C62H116N16/c1-55(2)37-45(38-56(3,4)73-55)25-17-21-29-63-49-67-50(64-30-22-18-26-46-39-57(5,6)74-58(7,8)40-46)70-53(69-49)77-33-35-78(36-34-77)54-71-51(65-31-23-19-27-47-41-59(9,10)75-60(11,12)42-47)68-52(72-54)66-32-24-20-28-48-43-61(13,14)76-62(15,16)44-48/h45-48,73-76H,17-44H2,1-16H3,(H2,63,64,67,69,70)(H2,65,66,68,71,72). The van der Waals surface area contributed by atoms with Gasteiger partial charge in [-0.05, 0) is 212 Å². The Balaban J connectivity index is 0.967. The van der Waals surface area contributed by atoms with E-state index in [-0.39, 0.29) is 44.3 Å². The molecule has 2 aromatic rings. The molecule has 2 aromatic heterocycles. The molecule has 0 spiro atoms. The van der Waals surface area contributed by atoms with E-state index in [2.05, 4.69) is 163 Å². The average Bonchev–Trinajstić information content (AvgIpc) is 3.28. The van der Waals surface area contributed by atoms with Crippen molar-refractivity contribution in [3.63, 3.8) is 0 Å². The van der Waals surface area contributed by atoms with Crippen molar-refractivity contribution in [1.29, 1.82) is 0 Å². The van der Waals surface area contributed by atoms with Crippen molar-refractivity contribution in [2.24, 2.45) is 23.7 Å². The van der Waals surface area contributed by atoms with Gasteiger partial charge in [-0.2, -0.15) is 29.9 Å². The lowest BCUT2D eigenvalue weighted by atomic mass is 9.74. The molecule has 5 aliphatic heterocycles. The highest BCUT2D eigenvalue weighted by molar-refractivity contribution is 5.48. The predicted octanol–water partition coefficient (Wildman–Crippen LogP) is 11.9. The van der Waals surface area contributed by atoms with Gasteiger partial charge < -0.3 is 52.3 Å². The molecule has 0 aliphatic carbocycles. The average molecular weight is 1090 g/mol. The molecular formula is C62H116N16. The molecular weight excluding hydrogens is 969 g/mol. The van der Waals surface area contributed by atoms with Gasteiger partial charge in [0.05, 0.1) is 0 Å². The number of hydrogen-bond acceptors (Lipinski definition) is 16. The zero-order valence-electron chi connectivity index (χ0n) is 52.7. The van der Waals surface area contributed by atoms with Crippen LogP contribution in [0.5, 0.6) is 0 Å². The fourth-order valence-electron chi connectivity index (χ4n) is 16.4. The van der Waals surface area contributed by atoms with Crippen molar-refractivity contribution in [1.82, 2.24) is 51.2 Å². The summed E-state index contributed by atoms with van der Waals surface area (Å²) < 4.78 is 0. The van der Waals surface area contributed by atoms with Gasteiger partial charge in [0.2, 0.25) is 35.7 Å². The number of nitrogens with one attached hydrogen (secondary N) is 8. The molecule has 7 heterocycles. The summed E-state index contributed by atoms with van der Waals surface area (Å²) in [6.45, 7) is 44.1. The van der Waals surface area contributed by atoms with Crippen molar-refractivity contribution in [3.05, 3.63) is 0 Å². The van der Waals surface area contributed by atoms with Gasteiger partial charge in [0.1, 0.15) is 0 Å². The fourth-order valence-corrected chi connectivity index (χ4v) is 16.4. The second-order valence-electron chi connectivity index (χ2n) is 30.9. The number of hydrogen-bond donors (Lipinski definition) is 8. The summed E-state index contributed by atoms with van der Waals surface area (Å²) in [6.07, 6.45) is 24.0. The van der Waals surface area contributed by atoms with Gasteiger partial charge >= 0.3 is 0 Å². The second kappa shape index (κ2) is 25.8. The minimum atomic E-state index is 0.179. The summed E-state index contributed by atoms with van der Waals surface area (Å²) >= 11 is 0. The summed E-state index contributed by atoms with van der Waals surface area (Å²) in [4.78, 5) is 34.9. The first kappa shape index (κ1) is 62.3. The van der Waals surface area contributed by atoms with Crippen LogP contribution in [-0.2, 0) is 0 Å². The number of aromatic nitrogens is 6. The van der Waals surface area contributed by atoms with Crippen LogP contribution in [0.15, 0.2) is 0 Å². The molecule has 5 saturated heterocycles. The van der Waals surface area contributed by atoms with Crippen LogP contribution < -0.4 is 52.3 Å². The molecule has 0 bridgehead atoms. The van der Waals surface area contributed by atoms with Crippen LogP contribution in [-0.4, -0.2) is 127 Å². The van der Waals surface area contributed by atoms with Crippen molar-refractivity contribution < 1.29 is 0 Å². The van der Waals surface area contributed by atoms with E-state index < -0.39 is 0 Å². The molecule has 0 radical (unpaired) electrons. The molecule has 8 N–H and O–H groups in total. The summed E-state index contributed by atoms with van der Waals surface area (Å²) in [7, 11) is 0. The topological polar surface area (TPSA) is 180 Å². The van der Waals surface area contributed by atoms with Gasteiger partial charge in [-0.25, -0.2) is 0 Å². The van der Waals surface area contributed by atoms with Gasteiger partial charge in [-0.1, -0.05) is 51.4 Å². The van der Waals surface area contributed by atoms with Gasteiger partial charge in [0, 0.05) is 96.7 Å². The Hall–Kier alpha value is -3.34. The van der Waals surface area contributed by atoms with Crippen molar-refractivity contribution in [2.75, 3.05) is 83.4 Å². The fraction of sp³-hybridized carbons (Fsp3) is 0.903. The van der Waals surface area contributed by atoms with Crippen molar-refractivity contribution in [2.45, 2.75) is 284 Å². The lowest BCUT2D eigenvalue weighted by Crippen LogP contribution is -2.57. The lowest BCUT2D eigenvalue weighted by molar-refractivity contribution is 0.121. The molecule has 16 nitrogen and oxygen atoms in total. The smallest absolute Gasteiger partial charge is 0.232 e. The van der Waals surface area contributed by atoms with E-state index in [4.69, 9.17) is 29.9 Å². The summed E-state index contributed by atoms with van der Waals surface area (Å²) in [5, 5.41) is 30.0. The van der Waals surface area contributed by atoms with Crippen molar-refractivity contribution >= 4 is 35.7 Å². The highest BCUT2D eigenvalue weighted by Crippen LogP contribution is 2.39. The van der Waals surface area contributed by atoms with Gasteiger partial charge in [-0.15, -0.1) is 0 Å². The number of anilines is 6. The van der Waals surface area contributed by atoms with E-state index in [1.165, 1.54) is 103 Å². The van der Waals surface area contributed by atoms with Gasteiger partial charge in [-0.3, -0.25) is 0 Å². The van der Waals surface area contributed by atoms with Crippen LogP contribution in [0.2, 0.25) is 0 Å². The van der Waals surface area contributed by atoms with Crippen LogP contribution in [0.3, 0.4) is 0 Å². The maximum absolute atomic E-state index is 5.08. The zero-order chi connectivity index (χ0) is 56.6. The molecule has 0 atom stereocenters. The number of piperidine rings is 4. The van der Waals surface area contributed by atoms with Gasteiger partial charge in [0.15, 0.2) is 0 Å². The van der Waals surface area contributed by atoms with E-state index >= 15 is 0 Å². The van der Waals surface area contributed by atoms with Gasteiger partial charge in [0.25, 0.3) is 0 Å². The maximum Gasteiger partial charge on any atom is 0.232 e. The van der Waals surface area contributed by atoms with Crippen LogP contribution >= 0.6 is 0 Å². The minimum absolute atomic E-state index is 0.179. The van der Waals surface area contributed by atoms with Crippen molar-refractivity contribution in [3.8, 4) is 0 Å². The number of piperazine rings is 1. The first-order valence-electron chi connectivity index (χ1n) is 31.5. The Morgan fingerprint density at radius 3 is 0.692 bits per heavy atom. The number of rotatable bonds is 26. The Kier molecular flexibility index (Phi) is 20.6. The van der Waals surface area contributed by atoms with E-state index in [9.17, 15) is 0 Å². The highest BCUT2D eigenvalue weighted by atomic mass is 15.4. The third kappa shape index (κ3) is 20.6. The quantitative estimate of drug-likeness (QED) is 0.0417. The lowest BCUT2D eigenvalue weighted by Gasteiger charge is -2.46. The normalized spacial score (nSPS) is 23.9. The first-order chi connectivity index (χ1) is 36.4. The Morgan fingerprint density at radius 2 is 0.500 bits per heavy atom. The summed E-state index contributed by atoms with van der Waals surface area (Å²) in [6, 6.07) is 0. The number of unbranched alkanes of at least 4 members (excludes halogenated alkanes) is 4. The molecule has 0 amide bonds. The Bertz CT molecular complexity index is 1830. The second-order valence-corrected chi connectivity index (χ2v) is 30.9. The third-order valence-corrected chi connectivity index (χ3v) is 17.5. The highest BCUT2D eigenvalue weighted by Gasteiger charge is 2.40. The van der Waals surface area contributed by atoms with E-state index in [0.29, 0.717) is 23.8 Å². The molecule has 7 rings (SSSR count). The molecule has 0 unspecified atom stereocenters. The summed E-state index contributed by atoms with van der Waals surface area (Å²) in [5.41, 5.74) is 1.43. The molecule has 5 aliphatic rings. The SMILES string of the molecule is CC1(C)CC(CCCCNc2nc(NCCCCC3CC(C)(C)NC(C)(C)C3)nc(N3CCN(c4nc(NCCCCC5CC(C)(C)NC(C)(C)C5)nc(NCCCCC5CC(C)(C)NC(C)(C)C5)n4)CC3)n2)CC(C)(C)N1. The van der Waals surface area contributed by atoms with E-state index in [0.717, 1.165) is 114 Å². The monoisotopic (exact) mass is 1080 g/mol. The molecule has 5 fully saturated rings. The number of nitrogens with zero attached hydrogens (tertiary/aromatic N) is 8. The first-order valence-corrected chi connectivity index (χ1v) is 31.5. The molecule has 0 aromatic carbocycles. The molecule has 444 valence electrons. The predicted molar refractivity (Wildman–Crippen MR) is 330 cm³/mol. The minimum Gasteiger partial charge on any atom is -0.354 e. The Labute approximate surface area is 475 Å². The molecule has 0 saturated carbocycles. The molecule has 16 heteroatoms. The summed E-state index contributed by atoms with van der Waals surface area (Å²) in [5.74, 6) is 7.04. The van der Waals surface area contributed by atoms with Crippen LogP contribution in [0, 0.1) is 23.7 Å². The maximum atomic E-state index is 5.08. The zero-order valence-corrected chi connectivity index (χ0v) is 52.7.